The van der Waals surface area contributed by atoms with Crippen molar-refractivity contribution in [3.63, 3.8) is 0 Å². The molecule has 0 aliphatic carbocycles. The molecule has 0 spiro atoms. The van der Waals surface area contributed by atoms with Gasteiger partial charge in [-0.2, -0.15) is 0 Å². The lowest BCUT2D eigenvalue weighted by atomic mass is 10.1. The number of sulfonamides is 1. The number of amides is 1. The third kappa shape index (κ3) is 4.38. The van der Waals surface area contributed by atoms with Crippen molar-refractivity contribution in [2.75, 3.05) is 17.8 Å². The van der Waals surface area contributed by atoms with Crippen molar-refractivity contribution in [3.8, 4) is 0 Å². The minimum Gasteiger partial charge on any atom is -0.339 e. The molecule has 7 nitrogen and oxygen atoms in total. The third-order valence-electron chi connectivity index (χ3n) is 5.44. The molecule has 0 radical (unpaired) electrons. The molecule has 1 aliphatic heterocycles. The van der Waals surface area contributed by atoms with E-state index in [4.69, 9.17) is 0 Å². The van der Waals surface area contributed by atoms with Crippen LogP contribution < -0.4 is 9.60 Å². The molecule has 2 aromatic carbocycles. The first-order valence-electron chi connectivity index (χ1n) is 10.3. The summed E-state index contributed by atoms with van der Waals surface area (Å²) in [5.74, 6) is -0.0240. The molecule has 164 valence electrons. The fraction of sp³-hybridized carbons (Fsp3) is 0.364. The lowest BCUT2D eigenvalue weighted by Crippen LogP contribution is -2.35. The lowest BCUT2D eigenvalue weighted by Gasteiger charge is -2.26. The third-order valence-corrected chi connectivity index (χ3v) is 7.74. The first-order chi connectivity index (χ1) is 14.8. The maximum atomic E-state index is 12.9. The Balaban J connectivity index is 1.54. The standard InChI is InChI=1S/C22H25N3O4S2/c1-15(2)25-19-11-10-18(14-20(19)30-22(25)27)31(28,29)23-17-8-6-16(7-9-17)21(26)24-12-4-3-5-13-24/h6-11,14-15,23H,3-5,12-13H2,1-2H3. The summed E-state index contributed by atoms with van der Waals surface area (Å²) in [4.78, 5) is 26.6. The van der Waals surface area contributed by atoms with Crippen LogP contribution in [0.15, 0.2) is 52.2 Å². The fourth-order valence-electron chi connectivity index (χ4n) is 3.85. The molecule has 9 heteroatoms. The quantitative estimate of drug-likeness (QED) is 0.623. The van der Waals surface area contributed by atoms with Crippen molar-refractivity contribution in [1.29, 1.82) is 0 Å². The van der Waals surface area contributed by atoms with Crippen molar-refractivity contribution in [2.24, 2.45) is 0 Å². The van der Waals surface area contributed by atoms with Gasteiger partial charge in [0.05, 0.1) is 15.1 Å². The van der Waals surface area contributed by atoms with Gasteiger partial charge in [-0.1, -0.05) is 11.3 Å². The van der Waals surface area contributed by atoms with E-state index in [1.165, 1.54) is 12.1 Å². The molecule has 0 atom stereocenters. The van der Waals surface area contributed by atoms with E-state index in [-0.39, 0.29) is 21.7 Å². The number of nitrogens with zero attached hydrogens (tertiary/aromatic N) is 2. The van der Waals surface area contributed by atoms with Crippen molar-refractivity contribution in [3.05, 3.63) is 57.7 Å². The molecular weight excluding hydrogens is 434 g/mol. The number of aromatic nitrogens is 1. The minimum absolute atomic E-state index is 0.00649. The van der Waals surface area contributed by atoms with E-state index in [1.807, 2.05) is 18.7 Å². The van der Waals surface area contributed by atoms with Crippen LogP contribution in [0.5, 0.6) is 0 Å². The number of anilines is 1. The number of carbonyl (C=O) groups excluding carboxylic acids is 1. The van der Waals surface area contributed by atoms with Gasteiger partial charge in [0.2, 0.25) is 0 Å². The minimum atomic E-state index is -3.83. The monoisotopic (exact) mass is 459 g/mol. The largest absolute Gasteiger partial charge is 0.339 e. The molecule has 1 aliphatic rings. The van der Waals surface area contributed by atoms with Gasteiger partial charge in [0, 0.05) is 30.4 Å². The molecule has 1 aromatic heterocycles. The molecule has 2 heterocycles. The van der Waals surface area contributed by atoms with E-state index in [1.54, 1.807) is 34.9 Å². The summed E-state index contributed by atoms with van der Waals surface area (Å²) < 4.78 is 30.6. The summed E-state index contributed by atoms with van der Waals surface area (Å²) in [5, 5.41) is 0. The number of carbonyl (C=O) groups is 1. The predicted molar refractivity (Wildman–Crippen MR) is 123 cm³/mol. The molecule has 1 fully saturated rings. The average Bonchev–Trinajstić information content (AvgIpc) is 3.09. The number of thiazole rings is 1. The topological polar surface area (TPSA) is 88.5 Å². The zero-order valence-corrected chi connectivity index (χ0v) is 19.1. The van der Waals surface area contributed by atoms with Gasteiger partial charge in [0.25, 0.3) is 15.9 Å². The first-order valence-corrected chi connectivity index (χ1v) is 12.6. The second kappa shape index (κ2) is 8.47. The average molecular weight is 460 g/mol. The van der Waals surface area contributed by atoms with Crippen molar-refractivity contribution < 1.29 is 13.2 Å². The normalized spacial score (nSPS) is 14.9. The van der Waals surface area contributed by atoms with Gasteiger partial charge in [-0.3, -0.25) is 18.9 Å². The van der Waals surface area contributed by atoms with Gasteiger partial charge in [-0.05, 0) is 75.6 Å². The van der Waals surface area contributed by atoms with Crippen molar-refractivity contribution >= 4 is 43.2 Å². The SMILES string of the molecule is CC(C)n1c(=O)sc2cc(S(=O)(=O)Nc3ccc(C(=O)N4CCCCC4)cc3)ccc21. The molecule has 1 amide bonds. The molecule has 1 N–H and O–H groups in total. The molecule has 0 bridgehead atoms. The Morgan fingerprint density at radius 1 is 1.03 bits per heavy atom. The Hall–Kier alpha value is -2.65. The van der Waals surface area contributed by atoms with E-state index in [2.05, 4.69) is 4.72 Å². The van der Waals surface area contributed by atoms with Crippen molar-refractivity contribution in [1.82, 2.24) is 9.47 Å². The van der Waals surface area contributed by atoms with Crippen LogP contribution in [0.4, 0.5) is 5.69 Å². The van der Waals surface area contributed by atoms with E-state index >= 15 is 0 Å². The maximum Gasteiger partial charge on any atom is 0.308 e. The zero-order valence-electron chi connectivity index (χ0n) is 17.5. The number of piperidine rings is 1. The predicted octanol–water partition coefficient (Wildman–Crippen LogP) is 4.07. The molecule has 0 unspecified atom stereocenters. The number of fused-ring (bicyclic) bond motifs is 1. The second-order valence-corrected chi connectivity index (χ2v) is 10.7. The highest BCUT2D eigenvalue weighted by molar-refractivity contribution is 7.92. The van der Waals surface area contributed by atoms with E-state index in [0.717, 1.165) is 49.2 Å². The van der Waals surface area contributed by atoms with E-state index in [0.29, 0.717) is 16.0 Å². The Kier molecular flexibility index (Phi) is 5.90. The zero-order chi connectivity index (χ0) is 22.2. The molecular formula is C22H25N3O4S2. The van der Waals surface area contributed by atoms with E-state index < -0.39 is 10.0 Å². The first kappa shape index (κ1) is 21.6. The molecule has 1 saturated heterocycles. The van der Waals surface area contributed by atoms with Crippen molar-refractivity contribution in [2.45, 2.75) is 44.0 Å². The van der Waals surface area contributed by atoms with Gasteiger partial charge in [-0.25, -0.2) is 8.42 Å². The Labute approximate surface area is 185 Å². The Morgan fingerprint density at radius 2 is 1.71 bits per heavy atom. The highest BCUT2D eigenvalue weighted by Crippen LogP contribution is 2.25. The summed E-state index contributed by atoms with van der Waals surface area (Å²) in [6, 6.07) is 11.2. The molecule has 3 aromatic rings. The maximum absolute atomic E-state index is 12.9. The van der Waals surface area contributed by atoms with Crippen LogP contribution in [0, 0.1) is 0 Å². The number of likely N-dealkylation sites (tertiary alicyclic amines) is 1. The van der Waals surface area contributed by atoms with Gasteiger partial charge in [0.15, 0.2) is 0 Å². The van der Waals surface area contributed by atoms with Crippen LogP contribution in [-0.2, 0) is 10.0 Å². The number of hydrogen-bond donors (Lipinski definition) is 1. The van der Waals surface area contributed by atoms with Crippen LogP contribution in [0.3, 0.4) is 0 Å². The number of nitrogens with one attached hydrogen (secondary N) is 1. The van der Waals surface area contributed by atoms with Crippen LogP contribution in [0.1, 0.15) is 49.5 Å². The van der Waals surface area contributed by atoms with Gasteiger partial charge in [0.1, 0.15) is 0 Å². The summed E-state index contributed by atoms with van der Waals surface area (Å²) in [7, 11) is -3.83. The van der Waals surface area contributed by atoms with Gasteiger partial charge >= 0.3 is 4.87 Å². The van der Waals surface area contributed by atoms with Crippen LogP contribution >= 0.6 is 11.3 Å². The van der Waals surface area contributed by atoms with Gasteiger partial charge in [-0.15, -0.1) is 0 Å². The van der Waals surface area contributed by atoms with Crippen LogP contribution in [0.25, 0.3) is 10.2 Å². The second-order valence-electron chi connectivity index (χ2n) is 8.00. The van der Waals surface area contributed by atoms with E-state index in [9.17, 15) is 18.0 Å². The van der Waals surface area contributed by atoms with Crippen LogP contribution in [0.2, 0.25) is 0 Å². The summed E-state index contributed by atoms with van der Waals surface area (Å²) in [6.07, 6.45) is 3.18. The molecule has 31 heavy (non-hydrogen) atoms. The van der Waals surface area contributed by atoms with Crippen LogP contribution in [-0.4, -0.2) is 36.9 Å². The molecule has 0 saturated carbocycles. The summed E-state index contributed by atoms with van der Waals surface area (Å²) in [5.41, 5.74) is 1.65. The summed E-state index contributed by atoms with van der Waals surface area (Å²) >= 11 is 1.04. The number of benzene rings is 2. The van der Waals surface area contributed by atoms with Gasteiger partial charge < -0.3 is 4.90 Å². The Morgan fingerprint density at radius 3 is 2.35 bits per heavy atom. The summed E-state index contributed by atoms with van der Waals surface area (Å²) in [6.45, 7) is 5.36. The number of rotatable bonds is 5. The highest BCUT2D eigenvalue weighted by Gasteiger charge is 2.20. The smallest absolute Gasteiger partial charge is 0.308 e. The fourth-order valence-corrected chi connectivity index (χ4v) is 6.06. The lowest BCUT2D eigenvalue weighted by molar-refractivity contribution is 0.0724. The molecule has 4 rings (SSSR count). The Bertz CT molecular complexity index is 1270. The number of hydrogen-bond acceptors (Lipinski definition) is 5. The highest BCUT2D eigenvalue weighted by atomic mass is 32.2.